The fourth-order valence-electron chi connectivity index (χ4n) is 2.99. The molecule has 0 spiro atoms. The van der Waals surface area contributed by atoms with Crippen molar-refractivity contribution in [3.05, 3.63) is 0 Å². The molecule has 1 saturated heterocycles. The van der Waals surface area contributed by atoms with Crippen LogP contribution in [0.2, 0.25) is 0 Å². The summed E-state index contributed by atoms with van der Waals surface area (Å²) in [6.45, 7) is 15.4. The van der Waals surface area contributed by atoms with Gasteiger partial charge in [0.1, 0.15) is 5.60 Å². The van der Waals surface area contributed by atoms with Crippen molar-refractivity contribution in [3.8, 4) is 0 Å². The van der Waals surface area contributed by atoms with Crippen LogP contribution in [0.1, 0.15) is 53.9 Å². The van der Waals surface area contributed by atoms with Crippen molar-refractivity contribution in [2.24, 2.45) is 5.92 Å². The fourth-order valence-corrected chi connectivity index (χ4v) is 2.99. The topological polar surface area (TPSA) is 44.8 Å². The van der Waals surface area contributed by atoms with Crippen LogP contribution in [0.4, 0.5) is 4.79 Å². The zero-order valence-electron chi connectivity index (χ0n) is 16.0. The van der Waals surface area contributed by atoms with Crippen LogP contribution in [-0.2, 0) is 4.74 Å². The molecule has 2 atom stereocenters. The van der Waals surface area contributed by atoms with E-state index in [2.05, 4.69) is 24.1 Å². The number of carbonyl (C=O) groups is 1. The van der Waals surface area contributed by atoms with E-state index in [1.807, 2.05) is 27.8 Å². The van der Waals surface area contributed by atoms with Crippen LogP contribution in [0.25, 0.3) is 0 Å². The third kappa shape index (κ3) is 8.56. The Morgan fingerprint density at radius 2 is 2.04 bits per heavy atom. The summed E-state index contributed by atoms with van der Waals surface area (Å²) in [6.07, 6.45) is 3.52. The Labute approximate surface area is 142 Å². The van der Waals surface area contributed by atoms with E-state index in [0.29, 0.717) is 12.0 Å². The van der Waals surface area contributed by atoms with Gasteiger partial charge in [-0.1, -0.05) is 13.8 Å². The van der Waals surface area contributed by atoms with Crippen molar-refractivity contribution in [3.63, 3.8) is 0 Å². The highest BCUT2D eigenvalue weighted by molar-refractivity contribution is 5.67. The third-order valence-corrected chi connectivity index (χ3v) is 4.31. The van der Waals surface area contributed by atoms with Crippen LogP contribution in [0.15, 0.2) is 0 Å². The molecule has 0 saturated carbocycles. The van der Waals surface area contributed by atoms with Crippen LogP contribution in [-0.4, -0.2) is 67.3 Å². The summed E-state index contributed by atoms with van der Waals surface area (Å²) >= 11 is 0. The van der Waals surface area contributed by atoms with Gasteiger partial charge in [0.15, 0.2) is 0 Å². The van der Waals surface area contributed by atoms with Gasteiger partial charge in [-0.05, 0) is 72.1 Å². The fraction of sp³-hybridized carbons (Fsp3) is 0.944. The summed E-state index contributed by atoms with van der Waals surface area (Å²) in [5, 5.41) is 3.69. The predicted molar refractivity (Wildman–Crippen MR) is 95.8 cm³/mol. The Bertz CT molecular complexity index is 355. The average molecular weight is 328 g/mol. The first kappa shape index (κ1) is 20.2. The maximum absolute atomic E-state index is 12.0. The molecular formula is C18H37N3O2. The van der Waals surface area contributed by atoms with Crippen molar-refractivity contribution < 1.29 is 9.53 Å². The lowest BCUT2D eigenvalue weighted by Gasteiger charge is -2.27. The van der Waals surface area contributed by atoms with Gasteiger partial charge >= 0.3 is 6.09 Å². The summed E-state index contributed by atoms with van der Waals surface area (Å²) < 4.78 is 5.40. The second kappa shape index (κ2) is 9.48. The van der Waals surface area contributed by atoms with Crippen molar-refractivity contribution in [1.29, 1.82) is 0 Å². The first-order valence-corrected chi connectivity index (χ1v) is 9.11. The van der Waals surface area contributed by atoms with Gasteiger partial charge in [0.25, 0.3) is 0 Å². The Balaban J connectivity index is 2.28. The highest BCUT2D eigenvalue weighted by atomic mass is 16.6. The molecule has 1 aliphatic rings. The lowest BCUT2D eigenvalue weighted by Crippen LogP contribution is -2.40. The Morgan fingerprint density at radius 1 is 1.35 bits per heavy atom. The van der Waals surface area contributed by atoms with Crippen molar-refractivity contribution >= 4 is 6.09 Å². The third-order valence-electron chi connectivity index (χ3n) is 4.31. The molecule has 0 aromatic carbocycles. The van der Waals surface area contributed by atoms with Crippen LogP contribution in [0, 0.1) is 5.92 Å². The Hall–Kier alpha value is -0.810. The Kier molecular flexibility index (Phi) is 8.34. The zero-order valence-corrected chi connectivity index (χ0v) is 16.0. The van der Waals surface area contributed by atoms with Crippen LogP contribution >= 0.6 is 0 Å². The van der Waals surface area contributed by atoms with Gasteiger partial charge in [0, 0.05) is 19.6 Å². The number of nitrogens with zero attached hydrogens (tertiary/aromatic N) is 2. The average Bonchev–Trinajstić information content (AvgIpc) is 2.68. The zero-order chi connectivity index (χ0) is 17.5. The molecule has 0 aromatic heterocycles. The minimum atomic E-state index is -0.432. The summed E-state index contributed by atoms with van der Waals surface area (Å²) in [4.78, 5) is 16.2. The number of amides is 1. The van der Waals surface area contributed by atoms with Gasteiger partial charge in [-0.15, -0.1) is 0 Å². The van der Waals surface area contributed by atoms with Gasteiger partial charge in [0.2, 0.25) is 0 Å². The van der Waals surface area contributed by atoms with Crippen molar-refractivity contribution in [1.82, 2.24) is 15.1 Å². The smallest absolute Gasteiger partial charge is 0.410 e. The van der Waals surface area contributed by atoms with E-state index < -0.39 is 5.60 Å². The summed E-state index contributed by atoms with van der Waals surface area (Å²) in [5.41, 5.74) is -0.432. The van der Waals surface area contributed by atoms with E-state index in [-0.39, 0.29) is 6.09 Å². The minimum absolute atomic E-state index is 0.239. The molecule has 1 N–H and O–H groups in total. The Morgan fingerprint density at radius 3 is 2.65 bits per heavy atom. The molecule has 0 bridgehead atoms. The SMILES string of the molecule is CCN1CCCC(NCC(C)CN(C)C(=O)OC(C)(C)C)CC1. The van der Waals surface area contributed by atoms with Gasteiger partial charge in [-0.25, -0.2) is 4.79 Å². The number of hydrogen-bond donors (Lipinski definition) is 1. The first-order chi connectivity index (χ1) is 10.7. The molecule has 1 heterocycles. The predicted octanol–water partition coefficient (Wildman–Crippen LogP) is 2.95. The van der Waals surface area contributed by atoms with Gasteiger partial charge in [-0.2, -0.15) is 0 Å². The van der Waals surface area contributed by atoms with E-state index >= 15 is 0 Å². The van der Waals surface area contributed by atoms with Crippen LogP contribution in [0.5, 0.6) is 0 Å². The second-order valence-electron chi connectivity index (χ2n) is 7.94. The quantitative estimate of drug-likeness (QED) is 0.815. The maximum Gasteiger partial charge on any atom is 0.410 e. The number of likely N-dealkylation sites (tertiary alicyclic amines) is 1. The van der Waals surface area contributed by atoms with E-state index in [1.165, 1.54) is 32.4 Å². The van der Waals surface area contributed by atoms with Crippen molar-refractivity contribution in [2.75, 3.05) is 39.8 Å². The molecule has 1 rings (SSSR count). The van der Waals surface area contributed by atoms with E-state index in [1.54, 1.807) is 4.90 Å². The maximum atomic E-state index is 12.0. The standard InChI is InChI=1S/C18H37N3O2/c1-7-21-11-8-9-16(10-12-21)19-13-15(2)14-20(6)17(22)23-18(3,4)5/h15-16,19H,7-14H2,1-6H3. The van der Waals surface area contributed by atoms with Gasteiger partial charge in [-0.3, -0.25) is 0 Å². The molecular weight excluding hydrogens is 290 g/mol. The first-order valence-electron chi connectivity index (χ1n) is 9.11. The monoisotopic (exact) mass is 327 g/mol. The van der Waals surface area contributed by atoms with Crippen LogP contribution < -0.4 is 5.32 Å². The lowest BCUT2D eigenvalue weighted by atomic mass is 10.1. The molecule has 0 radical (unpaired) electrons. The molecule has 5 heteroatoms. The second-order valence-corrected chi connectivity index (χ2v) is 7.94. The molecule has 1 amide bonds. The number of hydrogen-bond acceptors (Lipinski definition) is 4. The largest absolute Gasteiger partial charge is 0.444 e. The molecule has 5 nitrogen and oxygen atoms in total. The lowest BCUT2D eigenvalue weighted by molar-refractivity contribution is 0.0276. The van der Waals surface area contributed by atoms with E-state index in [0.717, 1.165) is 19.6 Å². The molecule has 2 unspecified atom stereocenters. The molecule has 23 heavy (non-hydrogen) atoms. The molecule has 1 fully saturated rings. The summed E-state index contributed by atoms with van der Waals surface area (Å²) in [7, 11) is 1.81. The van der Waals surface area contributed by atoms with Gasteiger partial charge in [0.05, 0.1) is 0 Å². The van der Waals surface area contributed by atoms with Crippen molar-refractivity contribution in [2.45, 2.75) is 65.5 Å². The van der Waals surface area contributed by atoms with Crippen LogP contribution in [0.3, 0.4) is 0 Å². The number of nitrogens with one attached hydrogen (secondary N) is 1. The van der Waals surface area contributed by atoms with Gasteiger partial charge < -0.3 is 19.9 Å². The number of ether oxygens (including phenoxy) is 1. The van der Waals surface area contributed by atoms with E-state index in [4.69, 9.17) is 4.74 Å². The highest BCUT2D eigenvalue weighted by Crippen LogP contribution is 2.12. The number of carbonyl (C=O) groups excluding carboxylic acids is 1. The summed E-state index contributed by atoms with van der Waals surface area (Å²) in [5.74, 6) is 0.415. The molecule has 1 aliphatic heterocycles. The highest BCUT2D eigenvalue weighted by Gasteiger charge is 2.21. The van der Waals surface area contributed by atoms with E-state index in [9.17, 15) is 4.79 Å². The number of rotatable bonds is 6. The summed E-state index contributed by atoms with van der Waals surface area (Å²) in [6, 6.07) is 0.612. The molecule has 136 valence electrons. The normalized spacial score (nSPS) is 21.6. The minimum Gasteiger partial charge on any atom is -0.444 e. The molecule has 0 aliphatic carbocycles. The molecule has 0 aromatic rings.